The SMILES string of the molecule is CCNP(=O)(CS(=O)(=O)c1ccc(N)cc1)OCC. The van der Waals surface area contributed by atoms with Crippen LogP contribution < -0.4 is 10.8 Å². The lowest BCUT2D eigenvalue weighted by Gasteiger charge is -2.18. The summed E-state index contributed by atoms with van der Waals surface area (Å²) in [5, 5.41) is 2.63. The number of rotatable bonds is 7. The molecule has 0 amide bonds. The Bertz CT molecular complexity index is 547. The van der Waals surface area contributed by atoms with Gasteiger partial charge in [0, 0.05) is 12.2 Å². The van der Waals surface area contributed by atoms with E-state index in [0.717, 1.165) is 0 Å². The van der Waals surface area contributed by atoms with E-state index in [4.69, 9.17) is 10.3 Å². The number of nitrogen functional groups attached to an aromatic ring is 1. The predicted octanol–water partition coefficient (Wildman–Crippen LogP) is 1.84. The normalized spacial score (nSPS) is 15.1. The summed E-state index contributed by atoms with van der Waals surface area (Å²) < 4.78 is 41.8. The summed E-state index contributed by atoms with van der Waals surface area (Å²) in [6.07, 6.45) is 0. The third kappa shape index (κ3) is 4.62. The van der Waals surface area contributed by atoms with Gasteiger partial charge >= 0.3 is 0 Å². The fraction of sp³-hybridized carbons (Fsp3) is 0.455. The highest BCUT2D eigenvalue weighted by Crippen LogP contribution is 2.44. The number of sulfone groups is 1. The van der Waals surface area contributed by atoms with Crippen molar-refractivity contribution in [1.82, 2.24) is 5.09 Å². The lowest BCUT2D eigenvalue weighted by molar-refractivity contribution is 0.328. The first kappa shape index (κ1) is 16.2. The van der Waals surface area contributed by atoms with Crippen LogP contribution in [0.2, 0.25) is 0 Å². The lowest BCUT2D eigenvalue weighted by Crippen LogP contribution is -2.19. The van der Waals surface area contributed by atoms with Crippen LogP contribution in [-0.2, 0) is 18.9 Å². The molecule has 0 saturated heterocycles. The summed E-state index contributed by atoms with van der Waals surface area (Å²) in [6, 6.07) is 5.78. The van der Waals surface area contributed by atoms with Gasteiger partial charge in [0.05, 0.1) is 11.5 Å². The molecular formula is C11H19N2O4PS. The number of hydrogen-bond acceptors (Lipinski definition) is 5. The van der Waals surface area contributed by atoms with Gasteiger partial charge in [-0.3, -0.25) is 4.57 Å². The van der Waals surface area contributed by atoms with Crippen LogP contribution in [0.15, 0.2) is 29.2 Å². The molecule has 1 rings (SSSR count). The molecule has 1 aromatic carbocycles. The Labute approximate surface area is 113 Å². The fourth-order valence-corrected chi connectivity index (χ4v) is 6.14. The predicted molar refractivity (Wildman–Crippen MR) is 75.8 cm³/mol. The number of nitrogens with one attached hydrogen (secondary N) is 1. The van der Waals surface area contributed by atoms with Crippen LogP contribution in [-0.4, -0.2) is 27.1 Å². The van der Waals surface area contributed by atoms with Crippen molar-refractivity contribution in [3.8, 4) is 0 Å². The number of anilines is 1. The first-order chi connectivity index (χ1) is 8.83. The minimum Gasteiger partial charge on any atom is -0.399 e. The number of hydrogen-bond donors (Lipinski definition) is 2. The van der Waals surface area contributed by atoms with E-state index in [0.29, 0.717) is 12.2 Å². The molecule has 0 bridgehead atoms. The maximum Gasteiger partial charge on any atom is 0.285 e. The molecule has 1 unspecified atom stereocenters. The zero-order chi connectivity index (χ0) is 14.5. The first-order valence-electron chi connectivity index (χ1n) is 5.90. The van der Waals surface area contributed by atoms with Crippen molar-refractivity contribution < 1.29 is 17.5 Å². The van der Waals surface area contributed by atoms with Gasteiger partial charge in [-0.2, -0.15) is 0 Å². The lowest BCUT2D eigenvalue weighted by atomic mass is 10.3. The molecule has 0 spiro atoms. The van der Waals surface area contributed by atoms with Crippen molar-refractivity contribution in [3.05, 3.63) is 24.3 Å². The molecule has 3 N–H and O–H groups in total. The Morgan fingerprint density at radius 3 is 2.32 bits per heavy atom. The average molecular weight is 306 g/mol. The third-order valence-electron chi connectivity index (χ3n) is 2.32. The van der Waals surface area contributed by atoms with Crippen LogP contribution in [0.25, 0.3) is 0 Å². The second kappa shape index (κ2) is 6.52. The first-order valence-corrected chi connectivity index (χ1v) is 9.36. The van der Waals surface area contributed by atoms with Gasteiger partial charge in [-0.15, -0.1) is 0 Å². The largest absolute Gasteiger partial charge is 0.399 e. The van der Waals surface area contributed by atoms with Crippen LogP contribution in [0.5, 0.6) is 0 Å². The van der Waals surface area contributed by atoms with Crippen LogP contribution in [0.1, 0.15) is 13.8 Å². The van der Waals surface area contributed by atoms with Crippen LogP contribution in [0.3, 0.4) is 0 Å². The Morgan fingerprint density at radius 2 is 1.84 bits per heavy atom. The summed E-state index contributed by atoms with van der Waals surface area (Å²) in [7, 11) is -7.07. The van der Waals surface area contributed by atoms with Crippen molar-refractivity contribution in [2.45, 2.75) is 18.7 Å². The van der Waals surface area contributed by atoms with Gasteiger partial charge in [0.1, 0.15) is 5.49 Å². The molecule has 1 atom stereocenters. The third-order valence-corrected chi connectivity index (χ3v) is 7.50. The van der Waals surface area contributed by atoms with E-state index >= 15 is 0 Å². The molecule has 1 aromatic rings. The Kier molecular flexibility index (Phi) is 5.55. The number of nitrogens with two attached hydrogens (primary N) is 1. The van der Waals surface area contributed by atoms with Gasteiger partial charge in [0.25, 0.3) is 7.52 Å². The quantitative estimate of drug-likeness (QED) is 0.589. The van der Waals surface area contributed by atoms with Crippen LogP contribution in [0, 0.1) is 0 Å². The molecule has 0 aliphatic heterocycles. The van der Waals surface area contributed by atoms with E-state index in [1.165, 1.54) is 24.3 Å². The molecule has 0 heterocycles. The standard InChI is InChI=1S/C11H19N2O4PS/c1-3-13-18(14,17-4-2)9-19(15,16)11-7-5-10(12)6-8-11/h5-8H,3-4,9,12H2,1-2H3,(H,13,14). The van der Waals surface area contributed by atoms with Crippen molar-refractivity contribution in [3.63, 3.8) is 0 Å². The Balaban J connectivity index is 3.00. The van der Waals surface area contributed by atoms with Crippen LogP contribution >= 0.6 is 7.52 Å². The number of benzene rings is 1. The van der Waals surface area contributed by atoms with E-state index in [2.05, 4.69) is 5.09 Å². The molecule has 0 saturated carbocycles. The molecule has 6 nitrogen and oxygen atoms in total. The molecule has 0 aromatic heterocycles. The fourth-order valence-electron chi connectivity index (χ4n) is 1.55. The minimum absolute atomic E-state index is 0.0829. The summed E-state index contributed by atoms with van der Waals surface area (Å²) >= 11 is 0. The monoisotopic (exact) mass is 306 g/mol. The van der Waals surface area contributed by atoms with Crippen molar-refractivity contribution >= 4 is 23.0 Å². The van der Waals surface area contributed by atoms with E-state index in [-0.39, 0.29) is 11.5 Å². The molecule has 108 valence electrons. The highest BCUT2D eigenvalue weighted by molar-refractivity contribution is 7.98. The van der Waals surface area contributed by atoms with Crippen molar-refractivity contribution in [2.75, 3.05) is 24.4 Å². The highest BCUT2D eigenvalue weighted by atomic mass is 32.2. The molecule has 8 heteroatoms. The van der Waals surface area contributed by atoms with E-state index < -0.39 is 22.9 Å². The zero-order valence-corrected chi connectivity index (χ0v) is 12.7. The van der Waals surface area contributed by atoms with Gasteiger partial charge in [0.15, 0.2) is 9.84 Å². The summed E-state index contributed by atoms with van der Waals surface area (Å²) in [4.78, 5) is 0.0829. The minimum atomic E-state index is -3.69. The second-order valence-corrected chi connectivity index (χ2v) is 8.57. The van der Waals surface area contributed by atoms with E-state index in [9.17, 15) is 13.0 Å². The highest BCUT2D eigenvalue weighted by Gasteiger charge is 2.30. The molecule has 0 fully saturated rings. The van der Waals surface area contributed by atoms with Gasteiger partial charge < -0.3 is 10.3 Å². The summed E-state index contributed by atoms with van der Waals surface area (Å²) in [5.74, 6) is 0. The molecule has 0 aliphatic rings. The van der Waals surface area contributed by atoms with Crippen LogP contribution in [0.4, 0.5) is 5.69 Å². The average Bonchev–Trinajstić information content (AvgIpc) is 2.28. The van der Waals surface area contributed by atoms with E-state index in [1.54, 1.807) is 13.8 Å². The Hall–Kier alpha value is -0.880. The summed E-state index contributed by atoms with van der Waals surface area (Å²) in [6.45, 7) is 3.96. The van der Waals surface area contributed by atoms with Gasteiger partial charge in [-0.25, -0.2) is 13.5 Å². The maximum atomic E-state index is 12.3. The van der Waals surface area contributed by atoms with Gasteiger partial charge in [0.2, 0.25) is 0 Å². The smallest absolute Gasteiger partial charge is 0.285 e. The van der Waals surface area contributed by atoms with Gasteiger partial charge in [-0.05, 0) is 31.2 Å². The van der Waals surface area contributed by atoms with Crippen molar-refractivity contribution in [1.29, 1.82) is 0 Å². The Morgan fingerprint density at radius 1 is 1.26 bits per heavy atom. The van der Waals surface area contributed by atoms with Gasteiger partial charge in [-0.1, -0.05) is 6.92 Å². The zero-order valence-electron chi connectivity index (χ0n) is 11.0. The second-order valence-electron chi connectivity index (χ2n) is 3.92. The molecule has 19 heavy (non-hydrogen) atoms. The van der Waals surface area contributed by atoms with E-state index in [1.807, 2.05) is 0 Å². The summed E-state index contributed by atoms with van der Waals surface area (Å²) in [5.41, 5.74) is 5.41. The van der Waals surface area contributed by atoms with Crippen molar-refractivity contribution in [2.24, 2.45) is 0 Å². The maximum absolute atomic E-state index is 12.3. The topological polar surface area (TPSA) is 98.5 Å². The molecular weight excluding hydrogens is 287 g/mol. The molecule has 0 aliphatic carbocycles. The molecule has 0 radical (unpaired) electrons.